The Bertz CT molecular complexity index is 974. The first-order valence-corrected chi connectivity index (χ1v) is 11.4. The zero-order valence-electron chi connectivity index (χ0n) is 19.0. The fourth-order valence-electron chi connectivity index (χ4n) is 4.37. The van der Waals surface area contributed by atoms with Gasteiger partial charge < -0.3 is 10.4 Å². The normalized spacial score (nSPS) is 20.3. The minimum absolute atomic E-state index is 0.110. The number of ketones is 2. The van der Waals surface area contributed by atoms with Gasteiger partial charge in [0.25, 0.3) is 0 Å². The molecule has 0 spiro atoms. The van der Waals surface area contributed by atoms with E-state index in [1.807, 2.05) is 24.3 Å². The number of piperazine rings is 1. The van der Waals surface area contributed by atoms with Crippen molar-refractivity contribution in [2.24, 2.45) is 7.05 Å². The molecule has 0 amide bonds. The molecule has 0 radical (unpaired) electrons. The van der Waals surface area contributed by atoms with Crippen LogP contribution in [0.25, 0.3) is 11.4 Å². The third kappa shape index (κ3) is 5.89. The molecule has 33 heavy (non-hydrogen) atoms. The van der Waals surface area contributed by atoms with Crippen LogP contribution in [0, 0.1) is 0 Å². The summed E-state index contributed by atoms with van der Waals surface area (Å²) in [5.41, 5.74) is 2.09. The average Bonchev–Trinajstić information content (AvgIpc) is 3.25. The summed E-state index contributed by atoms with van der Waals surface area (Å²) in [6, 6.07) is 7.67. The van der Waals surface area contributed by atoms with E-state index < -0.39 is 0 Å². The highest BCUT2D eigenvalue weighted by Gasteiger charge is 2.31. The number of allylic oxidation sites excluding steroid dienone is 1. The summed E-state index contributed by atoms with van der Waals surface area (Å²) in [6.07, 6.45) is 2.26. The number of aromatic nitrogens is 4. The molecule has 1 saturated carbocycles. The first-order chi connectivity index (χ1) is 16.0. The standard InChI is InChI=1S/C23H31N7O3/c1-28-26-23(25-27-28)18-4-2-17(3-5-18)19-14-21(32)20(22(33)15-19)16-24-6-7-29-8-10-30(11-9-29)12-13-31/h2-5,16,19,24,31H,6-15H2,1H3. The number of carbonyl (C=O) groups excluding carboxylic acids is 2. The Morgan fingerprint density at radius 1 is 1.03 bits per heavy atom. The Hall–Kier alpha value is -2.95. The number of rotatable bonds is 8. The third-order valence-corrected chi connectivity index (χ3v) is 6.31. The maximum absolute atomic E-state index is 12.7. The summed E-state index contributed by atoms with van der Waals surface area (Å²) in [5, 5.41) is 24.2. The number of hydrogen-bond donors (Lipinski definition) is 2. The van der Waals surface area contributed by atoms with Gasteiger partial charge in [-0.25, -0.2) is 0 Å². The van der Waals surface area contributed by atoms with E-state index in [4.69, 9.17) is 5.11 Å². The lowest BCUT2D eigenvalue weighted by Gasteiger charge is -2.34. The molecule has 1 aliphatic carbocycles. The van der Waals surface area contributed by atoms with E-state index in [0.29, 0.717) is 25.2 Å². The van der Waals surface area contributed by atoms with Crippen LogP contribution in [0.4, 0.5) is 0 Å². The molecular weight excluding hydrogens is 422 g/mol. The average molecular weight is 454 g/mol. The van der Waals surface area contributed by atoms with Crippen LogP contribution in [-0.4, -0.2) is 99.1 Å². The number of β-amino-alcohol motifs (C(OH)–C–C–N with tert-alkyl or cyclic N) is 1. The molecule has 10 nitrogen and oxygen atoms in total. The SMILES string of the molecule is Cn1nnc(-c2ccc(C3CC(=O)C(=CNCCN4CCN(CCO)CC4)C(=O)C3)cc2)n1. The van der Waals surface area contributed by atoms with Gasteiger partial charge in [-0.1, -0.05) is 24.3 Å². The lowest BCUT2D eigenvalue weighted by atomic mass is 9.80. The molecule has 0 bridgehead atoms. The van der Waals surface area contributed by atoms with Crippen molar-refractivity contribution < 1.29 is 14.7 Å². The van der Waals surface area contributed by atoms with Crippen LogP contribution in [0.3, 0.4) is 0 Å². The van der Waals surface area contributed by atoms with E-state index in [1.54, 1.807) is 13.2 Å². The van der Waals surface area contributed by atoms with Gasteiger partial charge in [0.1, 0.15) is 0 Å². The number of aliphatic hydroxyl groups is 1. The number of nitrogens with one attached hydrogen (secondary N) is 1. The summed E-state index contributed by atoms with van der Waals surface area (Å²) >= 11 is 0. The van der Waals surface area contributed by atoms with E-state index in [1.165, 1.54) is 4.80 Å². The number of nitrogens with zero attached hydrogens (tertiary/aromatic N) is 6. The van der Waals surface area contributed by atoms with Gasteiger partial charge in [-0.05, 0) is 16.7 Å². The summed E-state index contributed by atoms with van der Waals surface area (Å²) in [4.78, 5) is 31.4. The molecule has 176 valence electrons. The topological polar surface area (TPSA) is 116 Å². The molecular formula is C23H31N7O3. The minimum Gasteiger partial charge on any atom is -0.395 e. The van der Waals surface area contributed by atoms with Crippen molar-refractivity contribution in [3.63, 3.8) is 0 Å². The van der Waals surface area contributed by atoms with Gasteiger partial charge in [0.05, 0.1) is 19.2 Å². The molecule has 1 aromatic carbocycles. The molecule has 2 N–H and O–H groups in total. The van der Waals surface area contributed by atoms with Crippen molar-refractivity contribution in [2.45, 2.75) is 18.8 Å². The molecule has 2 aliphatic rings. The maximum atomic E-state index is 12.7. The summed E-state index contributed by atoms with van der Waals surface area (Å²) < 4.78 is 0. The Morgan fingerprint density at radius 2 is 1.67 bits per heavy atom. The highest BCUT2D eigenvalue weighted by Crippen LogP contribution is 2.32. The second kappa shape index (κ2) is 10.8. The number of aryl methyl sites for hydroxylation is 1. The Labute approximate surface area is 193 Å². The predicted octanol–water partition coefficient (Wildman–Crippen LogP) is -0.0239. The minimum atomic E-state index is -0.110. The molecule has 10 heteroatoms. The van der Waals surface area contributed by atoms with E-state index in [2.05, 4.69) is 30.5 Å². The van der Waals surface area contributed by atoms with Crippen LogP contribution in [0.1, 0.15) is 24.3 Å². The van der Waals surface area contributed by atoms with Crippen molar-refractivity contribution >= 4 is 11.6 Å². The quantitative estimate of drug-likeness (QED) is 0.323. The van der Waals surface area contributed by atoms with Crippen molar-refractivity contribution in [3.05, 3.63) is 41.6 Å². The van der Waals surface area contributed by atoms with Crippen LogP contribution in [0.2, 0.25) is 0 Å². The zero-order chi connectivity index (χ0) is 23.2. The van der Waals surface area contributed by atoms with Crippen molar-refractivity contribution in [2.75, 3.05) is 52.4 Å². The van der Waals surface area contributed by atoms with E-state index in [0.717, 1.165) is 50.4 Å². The molecule has 0 atom stereocenters. The lowest BCUT2D eigenvalue weighted by Crippen LogP contribution is -2.48. The molecule has 1 saturated heterocycles. The van der Waals surface area contributed by atoms with Crippen molar-refractivity contribution in [1.82, 2.24) is 35.3 Å². The van der Waals surface area contributed by atoms with Crippen LogP contribution in [0.15, 0.2) is 36.0 Å². The van der Waals surface area contributed by atoms with E-state index in [9.17, 15) is 9.59 Å². The second-order valence-electron chi connectivity index (χ2n) is 8.60. The number of carbonyl (C=O) groups is 2. The number of aliphatic hydroxyl groups excluding tert-OH is 1. The Kier molecular flexibility index (Phi) is 7.58. The Morgan fingerprint density at radius 3 is 2.24 bits per heavy atom. The smallest absolute Gasteiger partial charge is 0.204 e. The largest absolute Gasteiger partial charge is 0.395 e. The van der Waals surface area contributed by atoms with Crippen LogP contribution in [0.5, 0.6) is 0 Å². The number of tetrazole rings is 1. The zero-order valence-corrected chi connectivity index (χ0v) is 19.0. The summed E-state index contributed by atoms with van der Waals surface area (Å²) in [5.74, 6) is 0.214. The number of Topliss-reactive ketones (excluding diaryl/α,β-unsaturated/α-hetero) is 2. The van der Waals surface area contributed by atoms with Gasteiger partial charge in [-0.3, -0.25) is 19.4 Å². The lowest BCUT2D eigenvalue weighted by molar-refractivity contribution is -0.124. The first kappa shape index (κ1) is 23.2. The van der Waals surface area contributed by atoms with Gasteiger partial charge >= 0.3 is 0 Å². The van der Waals surface area contributed by atoms with Gasteiger partial charge in [0, 0.05) is 70.4 Å². The molecule has 0 unspecified atom stereocenters. The molecule has 2 heterocycles. The maximum Gasteiger partial charge on any atom is 0.204 e. The van der Waals surface area contributed by atoms with Crippen molar-refractivity contribution in [1.29, 1.82) is 0 Å². The second-order valence-corrected chi connectivity index (χ2v) is 8.60. The summed E-state index contributed by atoms with van der Waals surface area (Å²) in [7, 11) is 1.71. The third-order valence-electron chi connectivity index (χ3n) is 6.31. The Balaban J connectivity index is 1.26. The molecule has 1 aromatic heterocycles. The predicted molar refractivity (Wildman–Crippen MR) is 122 cm³/mol. The number of benzene rings is 1. The van der Waals surface area contributed by atoms with E-state index >= 15 is 0 Å². The van der Waals surface area contributed by atoms with Gasteiger partial charge in [-0.2, -0.15) is 4.80 Å². The van der Waals surface area contributed by atoms with Gasteiger partial charge in [0.15, 0.2) is 11.6 Å². The molecule has 4 rings (SSSR count). The van der Waals surface area contributed by atoms with Crippen LogP contribution >= 0.6 is 0 Å². The fourth-order valence-corrected chi connectivity index (χ4v) is 4.37. The molecule has 2 aromatic rings. The van der Waals surface area contributed by atoms with Crippen LogP contribution in [-0.2, 0) is 16.6 Å². The van der Waals surface area contributed by atoms with Crippen molar-refractivity contribution in [3.8, 4) is 11.4 Å². The highest BCUT2D eigenvalue weighted by molar-refractivity contribution is 6.22. The van der Waals surface area contributed by atoms with Gasteiger partial charge in [0.2, 0.25) is 5.82 Å². The fraction of sp³-hybridized carbons (Fsp3) is 0.522. The first-order valence-electron chi connectivity index (χ1n) is 11.4. The monoisotopic (exact) mass is 453 g/mol. The van der Waals surface area contributed by atoms with Crippen LogP contribution < -0.4 is 5.32 Å². The van der Waals surface area contributed by atoms with E-state index in [-0.39, 0.29) is 29.7 Å². The summed E-state index contributed by atoms with van der Waals surface area (Å²) in [6.45, 7) is 6.30. The molecule has 2 fully saturated rings. The molecule has 1 aliphatic heterocycles. The van der Waals surface area contributed by atoms with Gasteiger partial charge in [-0.15, -0.1) is 10.2 Å². The highest BCUT2D eigenvalue weighted by atomic mass is 16.3. The number of hydrogen-bond acceptors (Lipinski definition) is 9.